The topological polar surface area (TPSA) is 54.0 Å². The summed E-state index contributed by atoms with van der Waals surface area (Å²) in [5.41, 5.74) is 1.39. The average molecular weight is 373 g/mol. The summed E-state index contributed by atoms with van der Waals surface area (Å²) in [4.78, 5) is 16.0. The van der Waals surface area contributed by atoms with Crippen molar-refractivity contribution in [2.24, 2.45) is 0 Å². The van der Waals surface area contributed by atoms with Crippen LogP contribution in [0.2, 0.25) is 0 Å². The summed E-state index contributed by atoms with van der Waals surface area (Å²) in [5.74, 6) is -0.161. The monoisotopic (exact) mass is 373 g/mol. The fourth-order valence-corrected chi connectivity index (χ4v) is 2.64. The van der Waals surface area contributed by atoms with Gasteiger partial charge in [-0.15, -0.1) is 0 Å². The van der Waals surface area contributed by atoms with Crippen molar-refractivity contribution in [2.45, 2.75) is 26.1 Å². The Hall–Kier alpha value is -3.09. The molecule has 0 spiro atoms. The van der Waals surface area contributed by atoms with E-state index in [1.807, 2.05) is 13.8 Å². The van der Waals surface area contributed by atoms with Crippen molar-refractivity contribution in [2.75, 3.05) is 5.32 Å². The van der Waals surface area contributed by atoms with Crippen LogP contribution >= 0.6 is 0 Å². The number of hydrogen-bond acceptors (Lipinski definition) is 3. The number of benzene rings is 2. The van der Waals surface area contributed by atoms with Gasteiger partial charge >= 0.3 is 6.18 Å². The van der Waals surface area contributed by atoms with E-state index in [1.165, 1.54) is 12.3 Å². The Balaban J connectivity index is 1.85. The van der Waals surface area contributed by atoms with Gasteiger partial charge in [0.15, 0.2) is 0 Å². The number of anilines is 2. The molecule has 1 heterocycles. The summed E-state index contributed by atoms with van der Waals surface area (Å²) < 4.78 is 38.6. The van der Waals surface area contributed by atoms with Crippen molar-refractivity contribution >= 4 is 28.2 Å². The van der Waals surface area contributed by atoms with E-state index in [0.717, 1.165) is 12.1 Å². The third kappa shape index (κ3) is 4.36. The number of amides is 1. The van der Waals surface area contributed by atoms with Gasteiger partial charge in [-0.1, -0.05) is 6.07 Å². The highest BCUT2D eigenvalue weighted by molar-refractivity contribution is 5.95. The first-order valence-corrected chi connectivity index (χ1v) is 8.38. The smallest absolute Gasteiger partial charge is 0.355 e. The summed E-state index contributed by atoms with van der Waals surface area (Å²) in [5, 5.41) is 6.55. The molecule has 1 amide bonds. The summed E-state index contributed by atoms with van der Waals surface area (Å²) >= 11 is 0. The molecular formula is C20H18F3N3O. The van der Waals surface area contributed by atoms with Crippen LogP contribution in [-0.4, -0.2) is 16.9 Å². The first kappa shape index (κ1) is 18.7. The van der Waals surface area contributed by atoms with E-state index in [-0.39, 0.29) is 17.5 Å². The molecule has 3 aromatic rings. The molecule has 0 aliphatic rings. The quantitative estimate of drug-likeness (QED) is 0.666. The van der Waals surface area contributed by atoms with Crippen LogP contribution in [0.15, 0.2) is 54.7 Å². The molecule has 1 aromatic heterocycles. The Bertz CT molecular complexity index is 966. The zero-order chi connectivity index (χ0) is 19.6. The molecule has 0 fully saturated rings. The number of fused-ring (bicyclic) bond motifs is 1. The number of nitrogens with one attached hydrogen (secondary N) is 2. The van der Waals surface area contributed by atoms with Gasteiger partial charge in [0, 0.05) is 34.6 Å². The van der Waals surface area contributed by atoms with Gasteiger partial charge in [0.1, 0.15) is 0 Å². The SMILES string of the molecule is CC(C)NC(=O)c1ccc(Nc2ccnc3cc(C(F)(F)F)ccc23)cc1. The molecule has 3 rings (SSSR count). The minimum absolute atomic E-state index is 0.0417. The van der Waals surface area contributed by atoms with Gasteiger partial charge in [0.25, 0.3) is 5.91 Å². The highest BCUT2D eigenvalue weighted by Crippen LogP contribution is 2.33. The van der Waals surface area contributed by atoms with Gasteiger partial charge in [0.2, 0.25) is 0 Å². The fraction of sp³-hybridized carbons (Fsp3) is 0.200. The molecule has 0 atom stereocenters. The highest BCUT2D eigenvalue weighted by atomic mass is 19.4. The molecule has 4 nitrogen and oxygen atoms in total. The molecule has 7 heteroatoms. The summed E-state index contributed by atoms with van der Waals surface area (Å²) in [6, 6.07) is 12.1. The minimum Gasteiger partial charge on any atom is -0.355 e. The molecular weight excluding hydrogens is 355 g/mol. The van der Waals surface area contributed by atoms with Crippen molar-refractivity contribution in [1.29, 1.82) is 0 Å². The molecule has 27 heavy (non-hydrogen) atoms. The van der Waals surface area contributed by atoms with E-state index >= 15 is 0 Å². The summed E-state index contributed by atoms with van der Waals surface area (Å²) in [6.07, 6.45) is -2.96. The lowest BCUT2D eigenvalue weighted by atomic mass is 10.1. The molecule has 0 aliphatic heterocycles. The molecule has 0 bridgehead atoms. The van der Waals surface area contributed by atoms with Crippen molar-refractivity contribution in [3.63, 3.8) is 0 Å². The summed E-state index contributed by atoms with van der Waals surface area (Å²) in [7, 11) is 0. The van der Waals surface area contributed by atoms with E-state index in [4.69, 9.17) is 0 Å². The number of pyridine rings is 1. The Morgan fingerprint density at radius 3 is 2.37 bits per heavy atom. The third-order valence-corrected chi connectivity index (χ3v) is 3.92. The molecule has 0 unspecified atom stereocenters. The number of hydrogen-bond donors (Lipinski definition) is 2. The largest absolute Gasteiger partial charge is 0.416 e. The van der Waals surface area contributed by atoms with Gasteiger partial charge in [-0.05, 0) is 56.3 Å². The Kier molecular flexibility index (Phi) is 5.03. The van der Waals surface area contributed by atoms with Crippen molar-refractivity contribution in [1.82, 2.24) is 10.3 Å². The van der Waals surface area contributed by atoms with Crippen LogP contribution < -0.4 is 10.6 Å². The predicted octanol–water partition coefficient (Wildman–Crippen LogP) is 5.14. The first-order valence-electron chi connectivity index (χ1n) is 8.38. The first-order chi connectivity index (χ1) is 12.7. The lowest BCUT2D eigenvalue weighted by Crippen LogP contribution is -2.29. The van der Waals surface area contributed by atoms with Gasteiger partial charge in [-0.25, -0.2) is 0 Å². The number of aromatic nitrogens is 1. The highest BCUT2D eigenvalue weighted by Gasteiger charge is 2.30. The lowest BCUT2D eigenvalue weighted by molar-refractivity contribution is -0.137. The number of rotatable bonds is 4. The van der Waals surface area contributed by atoms with Gasteiger partial charge in [-0.3, -0.25) is 9.78 Å². The molecule has 0 saturated heterocycles. The molecule has 0 radical (unpaired) electrons. The minimum atomic E-state index is -4.41. The van der Waals surface area contributed by atoms with Crippen molar-refractivity contribution in [3.8, 4) is 0 Å². The van der Waals surface area contributed by atoms with Crippen molar-refractivity contribution < 1.29 is 18.0 Å². The van der Waals surface area contributed by atoms with E-state index in [9.17, 15) is 18.0 Å². The van der Waals surface area contributed by atoms with Crippen LogP contribution in [0.4, 0.5) is 24.5 Å². The molecule has 0 saturated carbocycles. The number of nitrogens with zero attached hydrogens (tertiary/aromatic N) is 1. The Morgan fingerprint density at radius 2 is 1.74 bits per heavy atom. The zero-order valence-corrected chi connectivity index (χ0v) is 14.8. The number of carbonyl (C=O) groups excluding carboxylic acids is 1. The number of halogens is 3. The number of carbonyl (C=O) groups is 1. The summed E-state index contributed by atoms with van der Waals surface area (Å²) in [6.45, 7) is 3.76. The molecule has 2 aromatic carbocycles. The second-order valence-electron chi connectivity index (χ2n) is 6.42. The predicted molar refractivity (Wildman–Crippen MR) is 99.1 cm³/mol. The van der Waals surface area contributed by atoms with E-state index in [0.29, 0.717) is 22.3 Å². The van der Waals surface area contributed by atoms with E-state index in [2.05, 4.69) is 15.6 Å². The van der Waals surface area contributed by atoms with Crippen LogP contribution in [0.25, 0.3) is 10.9 Å². The normalized spacial score (nSPS) is 11.6. The second kappa shape index (κ2) is 7.26. The molecule has 140 valence electrons. The van der Waals surface area contributed by atoms with Crippen LogP contribution in [0.5, 0.6) is 0 Å². The average Bonchev–Trinajstić information content (AvgIpc) is 2.61. The lowest BCUT2D eigenvalue weighted by Gasteiger charge is -2.12. The van der Waals surface area contributed by atoms with Crippen LogP contribution in [-0.2, 0) is 6.18 Å². The van der Waals surface area contributed by atoms with E-state index in [1.54, 1.807) is 30.3 Å². The van der Waals surface area contributed by atoms with Crippen LogP contribution in [0.1, 0.15) is 29.8 Å². The van der Waals surface area contributed by atoms with Gasteiger partial charge in [0.05, 0.1) is 11.1 Å². The maximum Gasteiger partial charge on any atom is 0.416 e. The Morgan fingerprint density at radius 1 is 1.04 bits per heavy atom. The fourth-order valence-electron chi connectivity index (χ4n) is 2.64. The van der Waals surface area contributed by atoms with E-state index < -0.39 is 11.7 Å². The maximum atomic E-state index is 12.9. The molecule has 2 N–H and O–H groups in total. The standard InChI is InChI=1S/C20H18F3N3O/c1-12(2)25-19(27)13-3-6-15(7-4-13)26-17-9-10-24-18-11-14(20(21,22)23)5-8-16(17)18/h3-12H,1-2H3,(H,24,26)(H,25,27). The molecule has 0 aliphatic carbocycles. The van der Waals surface area contributed by atoms with Crippen LogP contribution in [0, 0.1) is 0 Å². The third-order valence-electron chi connectivity index (χ3n) is 3.92. The van der Waals surface area contributed by atoms with Crippen LogP contribution in [0.3, 0.4) is 0 Å². The zero-order valence-electron chi connectivity index (χ0n) is 14.8. The Labute approximate surface area is 154 Å². The second-order valence-corrected chi connectivity index (χ2v) is 6.42. The number of alkyl halides is 3. The van der Waals surface area contributed by atoms with Gasteiger partial charge in [-0.2, -0.15) is 13.2 Å². The van der Waals surface area contributed by atoms with Gasteiger partial charge < -0.3 is 10.6 Å². The maximum absolute atomic E-state index is 12.9. The van der Waals surface area contributed by atoms with Crippen molar-refractivity contribution in [3.05, 3.63) is 65.9 Å².